The Labute approximate surface area is 161 Å². The zero-order valence-electron chi connectivity index (χ0n) is 15.2. The molecule has 0 fully saturated rings. The Kier molecular flexibility index (Phi) is 7.74. The fourth-order valence-electron chi connectivity index (χ4n) is 2.49. The Morgan fingerprint density at radius 2 is 1.64 bits per heavy atom. The summed E-state index contributed by atoms with van der Waals surface area (Å²) in [5, 5.41) is 11.5. The molecule has 0 saturated heterocycles. The van der Waals surface area contributed by atoms with Gasteiger partial charge in [0.2, 0.25) is 5.91 Å². The van der Waals surface area contributed by atoms with E-state index >= 15 is 0 Å². The van der Waals surface area contributed by atoms with E-state index in [2.05, 4.69) is 10.1 Å². The van der Waals surface area contributed by atoms with E-state index in [0.29, 0.717) is 12.2 Å². The van der Waals surface area contributed by atoms with Gasteiger partial charge in [-0.15, -0.1) is 0 Å². The van der Waals surface area contributed by atoms with Crippen LogP contribution < -0.4 is 14.8 Å². The van der Waals surface area contributed by atoms with Crippen LogP contribution in [0.2, 0.25) is 0 Å². The second-order valence-corrected chi connectivity index (χ2v) is 6.06. The number of hydrogen-bond donors (Lipinski definition) is 2. The van der Waals surface area contributed by atoms with Crippen LogP contribution in [-0.2, 0) is 16.0 Å². The first-order chi connectivity index (χ1) is 13.3. The number of carboxylic acid groups (broad SMARTS) is 1. The van der Waals surface area contributed by atoms with Gasteiger partial charge in [0, 0.05) is 6.42 Å². The molecule has 2 N–H and O–H groups in total. The molecule has 0 aliphatic rings. The lowest BCUT2D eigenvalue weighted by Crippen LogP contribution is -2.26. The number of alkyl halides is 2. The highest BCUT2D eigenvalue weighted by Gasteiger charge is 2.11. The van der Waals surface area contributed by atoms with Crippen molar-refractivity contribution in [3.8, 4) is 11.5 Å². The summed E-state index contributed by atoms with van der Waals surface area (Å²) < 4.78 is 33.6. The lowest BCUT2D eigenvalue weighted by molar-refractivity contribution is -0.139. The van der Waals surface area contributed by atoms with Crippen molar-refractivity contribution in [3.63, 3.8) is 0 Å². The number of aliphatic carboxylic acids is 1. The zero-order chi connectivity index (χ0) is 20.5. The number of benzene rings is 2. The molecule has 0 saturated carbocycles. The number of hydrogen-bond acceptors (Lipinski definition) is 4. The molecule has 1 amide bonds. The molecule has 2 rings (SSSR count). The molecule has 0 aliphatic heterocycles. The minimum atomic E-state index is -2.86. The lowest BCUT2D eigenvalue weighted by atomic mass is 10.1. The normalized spacial score (nSPS) is 11.7. The molecule has 0 radical (unpaired) electrons. The first-order valence-corrected chi connectivity index (χ1v) is 8.61. The molecule has 2 aromatic rings. The van der Waals surface area contributed by atoms with E-state index in [4.69, 9.17) is 9.84 Å². The summed E-state index contributed by atoms with van der Waals surface area (Å²) in [6.45, 7) is -1.45. The minimum Gasteiger partial charge on any atom is -0.482 e. The van der Waals surface area contributed by atoms with E-state index in [0.717, 1.165) is 11.1 Å². The summed E-state index contributed by atoms with van der Waals surface area (Å²) in [6, 6.07) is 12.7. The molecule has 0 bridgehead atoms. The smallest absolute Gasteiger partial charge is 0.387 e. The van der Waals surface area contributed by atoms with Gasteiger partial charge in [-0.25, -0.2) is 4.79 Å². The Bertz CT molecular complexity index is 778. The fourth-order valence-corrected chi connectivity index (χ4v) is 2.49. The Balaban J connectivity index is 1.79. The summed E-state index contributed by atoms with van der Waals surface area (Å²) in [6.07, 6.45) is 0.717. The molecular formula is C20H21F2NO5. The highest BCUT2D eigenvalue weighted by Crippen LogP contribution is 2.19. The van der Waals surface area contributed by atoms with Gasteiger partial charge in [-0.2, -0.15) is 8.78 Å². The van der Waals surface area contributed by atoms with Gasteiger partial charge in [0.25, 0.3) is 0 Å². The highest BCUT2D eigenvalue weighted by atomic mass is 19.3. The third-order valence-corrected chi connectivity index (χ3v) is 3.91. The predicted octanol–water partition coefficient (Wildman–Crippen LogP) is 3.56. The molecule has 6 nitrogen and oxygen atoms in total. The average molecular weight is 393 g/mol. The van der Waals surface area contributed by atoms with E-state index in [9.17, 15) is 18.4 Å². The van der Waals surface area contributed by atoms with Crippen LogP contribution in [0.5, 0.6) is 11.5 Å². The van der Waals surface area contributed by atoms with Crippen LogP contribution in [0.25, 0.3) is 0 Å². The van der Waals surface area contributed by atoms with Crippen LogP contribution in [0.15, 0.2) is 48.5 Å². The van der Waals surface area contributed by atoms with Gasteiger partial charge in [-0.05, 0) is 48.7 Å². The third kappa shape index (κ3) is 7.22. The number of amides is 1. The van der Waals surface area contributed by atoms with Gasteiger partial charge in [-0.1, -0.05) is 24.3 Å². The predicted molar refractivity (Wildman–Crippen MR) is 97.5 cm³/mol. The average Bonchev–Trinajstić information content (AvgIpc) is 2.65. The second kappa shape index (κ2) is 10.2. The van der Waals surface area contributed by atoms with Gasteiger partial charge >= 0.3 is 12.6 Å². The van der Waals surface area contributed by atoms with E-state index in [-0.39, 0.29) is 24.1 Å². The standard InChI is InChI=1S/C20H21F2NO5/c1-13(15-5-9-16(10-6-15)27-12-19(25)26)23-18(24)11-4-14-2-7-17(8-3-14)28-20(21)22/h2-3,5-10,13,20H,4,11-12H2,1H3,(H,23,24)(H,25,26). The van der Waals surface area contributed by atoms with E-state index in [1.165, 1.54) is 12.1 Å². The van der Waals surface area contributed by atoms with E-state index in [1.807, 2.05) is 6.92 Å². The first-order valence-electron chi connectivity index (χ1n) is 8.61. The van der Waals surface area contributed by atoms with Gasteiger partial charge in [0.1, 0.15) is 11.5 Å². The Morgan fingerprint density at radius 3 is 2.21 bits per heavy atom. The molecule has 28 heavy (non-hydrogen) atoms. The number of carboxylic acids is 1. The Morgan fingerprint density at radius 1 is 1.04 bits per heavy atom. The summed E-state index contributed by atoms with van der Waals surface area (Å²) in [7, 11) is 0. The summed E-state index contributed by atoms with van der Waals surface area (Å²) in [5.41, 5.74) is 1.69. The van der Waals surface area contributed by atoms with Crippen molar-refractivity contribution >= 4 is 11.9 Å². The molecule has 0 spiro atoms. The largest absolute Gasteiger partial charge is 0.482 e. The summed E-state index contributed by atoms with van der Waals surface area (Å²) >= 11 is 0. The second-order valence-electron chi connectivity index (χ2n) is 6.06. The topological polar surface area (TPSA) is 84.9 Å². The molecule has 2 aromatic carbocycles. The van der Waals surface area contributed by atoms with E-state index < -0.39 is 19.2 Å². The monoisotopic (exact) mass is 393 g/mol. The Hall–Kier alpha value is -3.16. The fraction of sp³-hybridized carbons (Fsp3) is 0.300. The molecule has 150 valence electrons. The summed E-state index contributed by atoms with van der Waals surface area (Å²) in [5.74, 6) is -0.691. The number of carbonyl (C=O) groups is 2. The van der Waals surface area contributed by atoms with Crippen LogP contribution in [0.1, 0.15) is 30.5 Å². The maximum absolute atomic E-state index is 12.1. The van der Waals surface area contributed by atoms with Crippen LogP contribution in [0, 0.1) is 0 Å². The van der Waals surface area contributed by atoms with Crippen molar-refractivity contribution in [2.75, 3.05) is 6.61 Å². The first kappa shape index (κ1) is 21.1. The number of halogens is 2. The number of aryl methyl sites for hydroxylation is 1. The number of rotatable bonds is 10. The molecule has 1 atom stereocenters. The van der Waals surface area contributed by atoms with Crippen molar-refractivity contribution < 1.29 is 33.0 Å². The molecular weight excluding hydrogens is 372 g/mol. The SMILES string of the molecule is CC(NC(=O)CCc1ccc(OC(F)F)cc1)c1ccc(OCC(=O)O)cc1. The number of ether oxygens (including phenoxy) is 2. The van der Waals surface area contributed by atoms with Crippen molar-refractivity contribution in [1.82, 2.24) is 5.32 Å². The van der Waals surface area contributed by atoms with Crippen LogP contribution in [-0.4, -0.2) is 30.2 Å². The molecule has 0 heterocycles. The third-order valence-electron chi connectivity index (χ3n) is 3.91. The highest BCUT2D eigenvalue weighted by molar-refractivity contribution is 5.76. The molecule has 1 unspecified atom stereocenters. The van der Waals surface area contributed by atoms with E-state index in [1.54, 1.807) is 36.4 Å². The van der Waals surface area contributed by atoms with Crippen molar-refractivity contribution in [2.45, 2.75) is 32.4 Å². The molecule has 8 heteroatoms. The number of nitrogens with one attached hydrogen (secondary N) is 1. The molecule has 0 aromatic heterocycles. The van der Waals surface area contributed by atoms with Crippen LogP contribution >= 0.6 is 0 Å². The van der Waals surface area contributed by atoms with Crippen LogP contribution in [0.4, 0.5) is 8.78 Å². The maximum Gasteiger partial charge on any atom is 0.387 e. The lowest BCUT2D eigenvalue weighted by Gasteiger charge is -2.15. The number of carbonyl (C=O) groups excluding carboxylic acids is 1. The zero-order valence-corrected chi connectivity index (χ0v) is 15.2. The molecule has 0 aliphatic carbocycles. The quantitative estimate of drug-likeness (QED) is 0.645. The minimum absolute atomic E-state index is 0.0765. The van der Waals surface area contributed by atoms with Crippen LogP contribution in [0.3, 0.4) is 0 Å². The van der Waals surface area contributed by atoms with Crippen molar-refractivity contribution in [2.24, 2.45) is 0 Å². The van der Waals surface area contributed by atoms with Gasteiger partial charge in [-0.3, -0.25) is 4.79 Å². The van der Waals surface area contributed by atoms with Gasteiger partial charge < -0.3 is 19.9 Å². The maximum atomic E-state index is 12.1. The van der Waals surface area contributed by atoms with Gasteiger partial charge in [0.05, 0.1) is 6.04 Å². The summed E-state index contributed by atoms with van der Waals surface area (Å²) in [4.78, 5) is 22.6. The van der Waals surface area contributed by atoms with Gasteiger partial charge in [0.15, 0.2) is 6.61 Å². The van der Waals surface area contributed by atoms with Crippen molar-refractivity contribution in [1.29, 1.82) is 0 Å². The van der Waals surface area contributed by atoms with Crippen molar-refractivity contribution in [3.05, 3.63) is 59.7 Å².